The SMILES string of the molecule is CON(C)C(=O)CC(C)N(C)C(=O)O. The van der Waals surface area contributed by atoms with E-state index in [9.17, 15) is 9.59 Å². The third-order valence-corrected chi connectivity index (χ3v) is 2.06. The van der Waals surface area contributed by atoms with E-state index in [2.05, 4.69) is 4.84 Å². The fraction of sp³-hybridized carbons (Fsp3) is 0.750. The second-order valence-corrected chi connectivity index (χ2v) is 3.02. The van der Waals surface area contributed by atoms with Crippen molar-refractivity contribution in [1.82, 2.24) is 9.96 Å². The van der Waals surface area contributed by atoms with Crippen LogP contribution < -0.4 is 0 Å². The molecule has 14 heavy (non-hydrogen) atoms. The van der Waals surface area contributed by atoms with E-state index in [1.54, 1.807) is 6.92 Å². The van der Waals surface area contributed by atoms with Gasteiger partial charge in [0.25, 0.3) is 0 Å². The Hall–Kier alpha value is -1.30. The molecule has 0 bridgehead atoms. The quantitative estimate of drug-likeness (QED) is 0.673. The summed E-state index contributed by atoms with van der Waals surface area (Å²) >= 11 is 0. The first-order chi connectivity index (χ1) is 6.40. The molecule has 1 atom stereocenters. The number of nitrogens with zero attached hydrogens (tertiary/aromatic N) is 2. The molecular weight excluding hydrogens is 188 g/mol. The molecule has 6 heteroatoms. The molecular formula is C8H16N2O4. The summed E-state index contributed by atoms with van der Waals surface area (Å²) in [5.41, 5.74) is 0. The Labute approximate surface area is 83.0 Å². The third-order valence-electron chi connectivity index (χ3n) is 2.06. The number of carboxylic acid groups (broad SMARTS) is 1. The Balaban J connectivity index is 4.12. The Kier molecular flexibility index (Phi) is 4.93. The number of carbonyl (C=O) groups excluding carboxylic acids is 1. The molecule has 0 aromatic rings. The van der Waals surface area contributed by atoms with Gasteiger partial charge in [0.05, 0.1) is 7.11 Å². The summed E-state index contributed by atoms with van der Waals surface area (Å²) in [5, 5.41) is 9.71. The minimum Gasteiger partial charge on any atom is -0.465 e. The lowest BCUT2D eigenvalue weighted by molar-refractivity contribution is -0.169. The lowest BCUT2D eigenvalue weighted by Crippen LogP contribution is -2.38. The summed E-state index contributed by atoms with van der Waals surface area (Å²) in [4.78, 5) is 27.6. The lowest BCUT2D eigenvalue weighted by Gasteiger charge is -2.23. The third kappa shape index (κ3) is 3.61. The Morgan fingerprint density at radius 2 is 1.93 bits per heavy atom. The highest BCUT2D eigenvalue weighted by Crippen LogP contribution is 2.03. The number of hydroxylamine groups is 2. The van der Waals surface area contributed by atoms with Crippen molar-refractivity contribution in [3.05, 3.63) is 0 Å². The Morgan fingerprint density at radius 1 is 1.43 bits per heavy atom. The zero-order chi connectivity index (χ0) is 11.3. The van der Waals surface area contributed by atoms with Gasteiger partial charge in [-0.05, 0) is 6.92 Å². The largest absolute Gasteiger partial charge is 0.465 e. The Bertz CT molecular complexity index is 219. The van der Waals surface area contributed by atoms with Gasteiger partial charge in [0.1, 0.15) is 0 Å². The van der Waals surface area contributed by atoms with Crippen LogP contribution in [-0.4, -0.2) is 54.3 Å². The zero-order valence-electron chi connectivity index (χ0n) is 8.85. The van der Waals surface area contributed by atoms with Crippen molar-refractivity contribution in [2.24, 2.45) is 0 Å². The maximum Gasteiger partial charge on any atom is 0.407 e. The second-order valence-electron chi connectivity index (χ2n) is 3.02. The molecule has 0 heterocycles. The molecule has 0 aliphatic rings. The van der Waals surface area contributed by atoms with E-state index in [0.717, 1.165) is 9.96 Å². The first-order valence-corrected chi connectivity index (χ1v) is 4.16. The molecule has 6 nitrogen and oxygen atoms in total. The van der Waals surface area contributed by atoms with Crippen molar-refractivity contribution in [1.29, 1.82) is 0 Å². The maximum absolute atomic E-state index is 11.3. The van der Waals surface area contributed by atoms with Crippen molar-refractivity contribution in [2.75, 3.05) is 21.2 Å². The van der Waals surface area contributed by atoms with E-state index in [4.69, 9.17) is 5.11 Å². The molecule has 0 aromatic carbocycles. The molecule has 0 aliphatic heterocycles. The van der Waals surface area contributed by atoms with E-state index < -0.39 is 6.09 Å². The van der Waals surface area contributed by atoms with Crippen LogP contribution in [0.25, 0.3) is 0 Å². The molecule has 0 fully saturated rings. The van der Waals surface area contributed by atoms with Crippen LogP contribution >= 0.6 is 0 Å². The monoisotopic (exact) mass is 204 g/mol. The minimum absolute atomic E-state index is 0.104. The molecule has 0 radical (unpaired) electrons. The van der Waals surface area contributed by atoms with Gasteiger partial charge in [-0.3, -0.25) is 9.63 Å². The first kappa shape index (κ1) is 12.7. The molecule has 0 saturated carbocycles. The van der Waals surface area contributed by atoms with Crippen LogP contribution in [0.2, 0.25) is 0 Å². The molecule has 1 N–H and O–H groups in total. The van der Waals surface area contributed by atoms with Crippen molar-refractivity contribution in [3.63, 3.8) is 0 Å². The number of hydrogen-bond acceptors (Lipinski definition) is 3. The van der Waals surface area contributed by atoms with E-state index >= 15 is 0 Å². The molecule has 1 unspecified atom stereocenters. The molecule has 0 aliphatic carbocycles. The van der Waals surface area contributed by atoms with Gasteiger partial charge in [-0.25, -0.2) is 9.86 Å². The van der Waals surface area contributed by atoms with Crippen LogP contribution in [0.1, 0.15) is 13.3 Å². The average molecular weight is 204 g/mol. The van der Waals surface area contributed by atoms with Crippen LogP contribution in [0, 0.1) is 0 Å². The molecule has 0 aromatic heterocycles. The fourth-order valence-electron chi connectivity index (χ4n) is 0.809. The van der Waals surface area contributed by atoms with Crippen LogP contribution in [0.5, 0.6) is 0 Å². The highest BCUT2D eigenvalue weighted by Gasteiger charge is 2.19. The van der Waals surface area contributed by atoms with Crippen molar-refractivity contribution in [3.8, 4) is 0 Å². The van der Waals surface area contributed by atoms with Gasteiger partial charge in [0.15, 0.2) is 0 Å². The first-order valence-electron chi connectivity index (χ1n) is 4.16. The van der Waals surface area contributed by atoms with Gasteiger partial charge >= 0.3 is 6.09 Å². The normalized spacial score (nSPS) is 12.0. The van der Waals surface area contributed by atoms with Crippen molar-refractivity contribution in [2.45, 2.75) is 19.4 Å². The molecule has 0 saturated heterocycles. The summed E-state index contributed by atoms with van der Waals surface area (Å²) in [6.45, 7) is 1.66. The smallest absolute Gasteiger partial charge is 0.407 e. The van der Waals surface area contributed by atoms with Gasteiger partial charge in [0, 0.05) is 26.6 Å². The summed E-state index contributed by atoms with van der Waals surface area (Å²) in [7, 11) is 4.28. The van der Waals surface area contributed by atoms with E-state index in [1.165, 1.54) is 21.2 Å². The number of amides is 2. The highest BCUT2D eigenvalue weighted by molar-refractivity contribution is 5.76. The lowest BCUT2D eigenvalue weighted by atomic mass is 10.2. The number of rotatable bonds is 4. The van der Waals surface area contributed by atoms with E-state index in [1.807, 2.05) is 0 Å². The topological polar surface area (TPSA) is 70.1 Å². The predicted molar refractivity (Wildman–Crippen MR) is 49.6 cm³/mol. The molecule has 2 amide bonds. The van der Waals surface area contributed by atoms with Crippen LogP contribution in [0.15, 0.2) is 0 Å². The summed E-state index contributed by atoms with van der Waals surface area (Å²) < 4.78 is 0. The summed E-state index contributed by atoms with van der Waals surface area (Å²) in [5.74, 6) is -0.256. The summed E-state index contributed by atoms with van der Waals surface area (Å²) in [6.07, 6.45) is -0.946. The van der Waals surface area contributed by atoms with E-state index in [0.29, 0.717) is 0 Å². The number of carbonyl (C=O) groups is 2. The second kappa shape index (κ2) is 5.43. The van der Waals surface area contributed by atoms with Crippen molar-refractivity contribution >= 4 is 12.0 Å². The van der Waals surface area contributed by atoms with Crippen LogP contribution in [0.3, 0.4) is 0 Å². The Morgan fingerprint density at radius 3 is 2.29 bits per heavy atom. The van der Waals surface area contributed by atoms with Crippen molar-refractivity contribution < 1.29 is 19.5 Å². The number of hydrogen-bond donors (Lipinski definition) is 1. The van der Waals surface area contributed by atoms with E-state index in [-0.39, 0.29) is 18.4 Å². The standard InChI is InChI=1S/C8H16N2O4/c1-6(9(2)8(12)13)5-7(11)10(3)14-4/h6H,5H2,1-4H3,(H,12,13). The van der Waals surface area contributed by atoms with Crippen LogP contribution in [0.4, 0.5) is 4.79 Å². The fourth-order valence-corrected chi connectivity index (χ4v) is 0.809. The van der Waals surface area contributed by atoms with Gasteiger partial charge in [-0.15, -0.1) is 0 Å². The maximum atomic E-state index is 11.3. The average Bonchev–Trinajstić information content (AvgIpc) is 2.14. The van der Waals surface area contributed by atoms with Crippen LogP contribution in [-0.2, 0) is 9.63 Å². The van der Waals surface area contributed by atoms with Gasteiger partial charge < -0.3 is 10.0 Å². The molecule has 82 valence electrons. The predicted octanol–water partition coefficient (Wildman–Crippen LogP) is 0.395. The zero-order valence-corrected chi connectivity index (χ0v) is 8.85. The summed E-state index contributed by atoms with van der Waals surface area (Å²) in [6, 6.07) is -0.363. The van der Waals surface area contributed by atoms with Gasteiger partial charge in [-0.2, -0.15) is 0 Å². The van der Waals surface area contributed by atoms with Gasteiger partial charge in [-0.1, -0.05) is 0 Å². The molecule has 0 spiro atoms. The van der Waals surface area contributed by atoms with Gasteiger partial charge in [0.2, 0.25) is 5.91 Å². The molecule has 0 rings (SSSR count). The minimum atomic E-state index is -1.05. The highest BCUT2D eigenvalue weighted by atomic mass is 16.7.